The lowest BCUT2D eigenvalue weighted by Crippen LogP contribution is -2.25. The number of amides is 2. The second-order valence-corrected chi connectivity index (χ2v) is 7.81. The largest absolute Gasteiger partial charge is 0.447 e. The molecule has 1 fully saturated rings. The summed E-state index contributed by atoms with van der Waals surface area (Å²) in [6.45, 7) is 0.672. The third-order valence-electron chi connectivity index (χ3n) is 4.81. The lowest BCUT2D eigenvalue weighted by molar-refractivity contribution is 0.101. The summed E-state index contributed by atoms with van der Waals surface area (Å²) in [6.07, 6.45) is -0.472. The van der Waals surface area contributed by atoms with Crippen LogP contribution in [0.3, 0.4) is 0 Å². The average molecular weight is 449 g/mol. The fourth-order valence-corrected chi connectivity index (χ4v) is 4.07. The monoisotopic (exact) mass is 449 g/mol. The SMILES string of the molecule is O=C(Nc1ccccc1N1CCOC1=O)c1nc(-c2cccs2)n(-c2cccc(F)c2)n1. The fraction of sp³-hybridized carbons (Fsp3) is 0.0909. The van der Waals surface area contributed by atoms with Crippen molar-refractivity contribution >= 4 is 34.7 Å². The highest BCUT2D eigenvalue weighted by molar-refractivity contribution is 7.13. The van der Waals surface area contributed by atoms with Gasteiger partial charge < -0.3 is 10.1 Å². The molecule has 32 heavy (non-hydrogen) atoms. The maximum atomic E-state index is 13.8. The topological polar surface area (TPSA) is 89.4 Å². The van der Waals surface area contributed by atoms with E-state index in [1.54, 1.807) is 36.4 Å². The summed E-state index contributed by atoms with van der Waals surface area (Å²) in [4.78, 5) is 31.7. The van der Waals surface area contributed by atoms with Crippen LogP contribution in [0.1, 0.15) is 10.6 Å². The molecular weight excluding hydrogens is 433 g/mol. The van der Waals surface area contributed by atoms with Crippen molar-refractivity contribution in [2.45, 2.75) is 0 Å². The van der Waals surface area contributed by atoms with Crippen LogP contribution in [-0.2, 0) is 4.74 Å². The Hall–Kier alpha value is -4.05. The summed E-state index contributed by atoms with van der Waals surface area (Å²) in [6, 6.07) is 16.5. The minimum absolute atomic E-state index is 0.0866. The van der Waals surface area contributed by atoms with Crippen molar-refractivity contribution in [3.8, 4) is 16.4 Å². The first-order chi connectivity index (χ1) is 15.6. The normalized spacial score (nSPS) is 13.3. The highest BCUT2D eigenvalue weighted by Gasteiger charge is 2.27. The predicted octanol–water partition coefficient (Wildman–Crippen LogP) is 4.34. The highest BCUT2D eigenvalue weighted by atomic mass is 32.1. The first-order valence-electron chi connectivity index (χ1n) is 9.72. The van der Waals surface area contributed by atoms with E-state index in [2.05, 4.69) is 15.4 Å². The number of thiophene rings is 1. The van der Waals surface area contributed by atoms with Crippen LogP contribution in [-0.4, -0.2) is 39.9 Å². The lowest BCUT2D eigenvalue weighted by atomic mass is 10.2. The number of hydrogen-bond acceptors (Lipinski definition) is 6. The maximum absolute atomic E-state index is 13.8. The van der Waals surface area contributed by atoms with Crippen LogP contribution in [0, 0.1) is 5.82 Å². The van der Waals surface area contributed by atoms with Gasteiger partial charge in [0, 0.05) is 0 Å². The summed E-state index contributed by atoms with van der Waals surface area (Å²) in [5.41, 5.74) is 1.39. The van der Waals surface area contributed by atoms with Gasteiger partial charge in [-0.15, -0.1) is 16.4 Å². The molecule has 10 heteroatoms. The van der Waals surface area contributed by atoms with Gasteiger partial charge in [0.15, 0.2) is 5.82 Å². The van der Waals surface area contributed by atoms with Gasteiger partial charge in [0.25, 0.3) is 5.91 Å². The molecule has 0 atom stereocenters. The molecular formula is C22H16FN5O3S. The number of hydrogen-bond donors (Lipinski definition) is 1. The number of carbonyl (C=O) groups is 2. The molecule has 3 heterocycles. The van der Waals surface area contributed by atoms with Crippen LogP contribution in [0.15, 0.2) is 66.0 Å². The smallest absolute Gasteiger partial charge is 0.414 e. The number of halogens is 1. The van der Waals surface area contributed by atoms with Gasteiger partial charge in [-0.1, -0.05) is 24.3 Å². The van der Waals surface area contributed by atoms with Crippen LogP contribution >= 0.6 is 11.3 Å². The van der Waals surface area contributed by atoms with Crippen LogP contribution in [0.2, 0.25) is 0 Å². The quantitative estimate of drug-likeness (QED) is 0.490. The molecule has 1 N–H and O–H groups in total. The van der Waals surface area contributed by atoms with Gasteiger partial charge in [-0.2, -0.15) is 0 Å². The summed E-state index contributed by atoms with van der Waals surface area (Å²) >= 11 is 1.43. The molecule has 4 aromatic rings. The van der Waals surface area contributed by atoms with E-state index in [9.17, 15) is 14.0 Å². The van der Waals surface area contributed by atoms with Crippen molar-refractivity contribution in [2.24, 2.45) is 0 Å². The Kier molecular flexibility index (Phi) is 5.12. The standard InChI is InChI=1S/C22H16FN5O3S/c23-14-5-3-6-15(13-14)28-20(18-9-4-12-32-18)25-19(26-28)21(29)24-16-7-1-2-8-17(16)27-10-11-31-22(27)30/h1-9,12-13H,10-11H2,(H,24,29). The Bertz CT molecular complexity index is 1300. The van der Waals surface area contributed by atoms with Crippen LogP contribution in [0.4, 0.5) is 20.6 Å². The number of anilines is 2. The summed E-state index contributed by atoms with van der Waals surface area (Å²) in [5, 5.41) is 9.00. The molecule has 1 saturated heterocycles. The van der Waals surface area contributed by atoms with Gasteiger partial charge >= 0.3 is 6.09 Å². The van der Waals surface area contributed by atoms with Crippen molar-refractivity contribution in [1.29, 1.82) is 0 Å². The molecule has 2 aromatic carbocycles. The third-order valence-corrected chi connectivity index (χ3v) is 5.67. The molecule has 0 spiro atoms. The molecule has 8 nitrogen and oxygen atoms in total. The highest BCUT2D eigenvalue weighted by Crippen LogP contribution is 2.29. The number of nitrogens with one attached hydrogen (secondary N) is 1. The van der Waals surface area contributed by atoms with Gasteiger partial charge in [-0.25, -0.2) is 18.9 Å². The fourth-order valence-electron chi connectivity index (χ4n) is 3.37. The van der Waals surface area contributed by atoms with E-state index in [0.29, 0.717) is 29.4 Å². The van der Waals surface area contributed by atoms with E-state index in [0.717, 1.165) is 4.88 Å². The molecule has 0 radical (unpaired) electrons. The van der Waals surface area contributed by atoms with Gasteiger partial charge in [-0.3, -0.25) is 9.69 Å². The summed E-state index contributed by atoms with van der Waals surface area (Å²) in [5.74, 6) is -0.644. The molecule has 0 bridgehead atoms. The van der Waals surface area contributed by atoms with E-state index < -0.39 is 17.8 Å². The molecule has 160 valence electrons. The van der Waals surface area contributed by atoms with Crippen molar-refractivity contribution in [1.82, 2.24) is 14.8 Å². The van der Waals surface area contributed by atoms with Gasteiger partial charge in [0.05, 0.1) is 28.5 Å². The van der Waals surface area contributed by atoms with Gasteiger partial charge in [0.1, 0.15) is 12.4 Å². The van der Waals surface area contributed by atoms with E-state index in [1.165, 1.54) is 33.1 Å². The third kappa shape index (κ3) is 3.71. The van der Waals surface area contributed by atoms with Gasteiger partial charge in [-0.05, 0) is 41.8 Å². The minimum atomic E-state index is -0.557. The van der Waals surface area contributed by atoms with E-state index in [1.807, 2.05) is 17.5 Å². The Morgan fingerprint density at radius 2 is 2.00 bits per heavy atom. The number of benzene rings is 2. The minimum Gasteiger partial charge on any atom is -0.447 e. The molecule has 1 aliphatic rings. The predicted molar refractivity (Wildman–Crippen MR) is 118 cm³/mol. The van der Waals surface area contributed by atoms with E-state index >= 15 is 0 Å². The van der Waals surface area contributed by atoms with E-state index in [-0.39, 0.29) is 12.4 Å². The number of nitrogens with zero attached hydrogens (tertiary/aromatic N) is 4. The first-order valence-corrected chi connectivity index (χ1v) is 10.6. The van der Waals surface area contributed by atoms with Crippen molar-refractivity contribution in [2.75, 3.05) is 23.4 Å². The molecule has 2 aromatic heterocycles. The number of rotatable bonds is 5. The molecule has 1 aliphatic heterocycles. The van der Waals surface area contributed by atoms with Crippen LogP contribution < -0.4 is 10.2 Å². The number of carbonyl (C=O) groups excluding carboxylic acids is 2. The maximum Gasteiger partial charge on any atom is 0.414 e. The average Bonchev–Trinajstić information content (AvgIpc) is 3.55. The second kappa shape index (κ2) is 8.23. The number of ether oxygens (including phenoxy) is 1. The molecule has 0 saturated carbocycles. The zero-order valence-electron chi connectivity index (χ0n) is 16.6. The zero-order valence-corrected chi connectivity index (χ0v) is 17.4. The van der Waals surface area contributed by atoms with Crippen molar-refractivity contribution < 1.29 is 18.7 Å². The summed E-state index contributed by atoms with van der Waals surface area (Å²) < 4.78 is 20.3. The summed E-state index contributed by atoms with van der Waals surface area (Å²) in [7, 11) is 0. The second-order valence-electron chi connectivity index (χ2n) is 6.87. The zero-order chi connectivity index (χ0) is 22.1. The van der Waals surface area contributed by atoms with Crippen molar-refractivity contribution in [3.63, 3.8) is 0 Å². The number of para-hydroxylation sites is 2. The van der Waals surface area contributed by atoms with Crippen LogP contribution in [0.5, 0.6) is 0 Å². The Morgan fingerprint density at radius 3 is 2.75 bits per heavy atom. The molecule has 2 amide bonds. The molecule has 0 unspecified atom stereocenters. The van der Waals surface area contributed by atoms with E-state index in [4.69, 9.17) is 4.74 Å². The Balaban J connectivity index is 1.50. The Labute approximate surface area is 185 Å². The number of cyclic esters (lactones) is 1. The molecule has 5 rings (SSSR count). The Morgan fingerprint density at radius 1 is 1.12 bits per heavy atom. The van der Waals surface area contributed by atoms with Crippen molar-refractivity contribution in [3.05, 3.63) is 77.7 Å². The van der Waals surface area contributed by atoms with Gasteiger partial charge in [0.2, 0.25) is 5.82 Å². The lowest BCUT2D eigenvalue weighted by Gasteiger charge is -2.17. The first kappa shape index (κ1) is 19.9. The molecule has 0 aliphatic carbocycles. The van der Waals surface area contributed by atoms with Crippen LogP contribution in [0.25, 0.3) is 16.4 Å². The number of aromatic nitrogens is 3.